The molecule has 2 bridgehead atoms. The highest BCUT2D eigenvalue weighted by Crippen LogP contribution is 2.64. The number of esters is 1. The van der Waals surface area contributed by atoms with Crippen LogP contribution in [0.1, 0.15) is 71.6 Å². The molecule has 1 N–H and O–H groups in total. The van der Waals surface area contributed by atoms with Crippen LogP contribution in [0.25, 0.3) is 0 Å². The Kier molecular flexibility index (Phi) is 7.95. The van der Waals surface area contributed by atoms with E-state index < -0.39 is 41.1 Å². The maximum Gasteiger partial charge on any atom is 0.312 e. The van der Waals surface area contributed by atoms with Crippen molar-refractivity contribution in [1.29, 1.82) is 0 Å². The van der Waals surface area contributed by atoms with E-state index >= 15 is 0 Å². The third-order valence-corrected chi connectivity index (χ3v) is 9.04. The summed E-state index contributed by atoms with van der Waals surface area (Å²) in [6.07, 6.45) is 10.7. The van der Waals surface area contributed by atoms with Gasteiger partial charge in [-0.05, 0) is 45.4 Å². The molecule has 0 radical (unpaired) electrons. The van der Waals surface area contributed by atoms with Crippen molar-refractivity contribution in [3.63, 3.8) is 0 Å². The van der Waals surface area contributed by atoms with Gasteiger partial charge in [0.05, 0.1) is 30.8 Å². The highest BCUT2D eigenvalue weighted by atomic mass is 16.6. The fourth-order valence-corrected chi connectivity index (χ4v) is 7.30. The summed E-state index contributed by atoms with van der Waals surface area (Å²) in [4.78, 5) is 45.3. The number of fused-ring (bicyclic) bond motifs is 1. The highest BCUT2D eigenvalue weighted by Gasteiger charge is 2.79. The van der Waals surface area contributed by atoms with E-state index in [0.717, 1.165) is 32.1 Å². The minimum atomic E-state index is -1.11. The van der Waals surface area contributed by atoms with Gasteiger partial charge >= 0.3 is 5.97 Å². The lowest BCUT2D eigenvalue weighted by Gasteiger charge is -2.42. The molecule has 3 aliphatic heterocycles. The minimum Gasteiger partial charge on any atom is -0.465 e. The van der Waals surface area contributed by atoms with Gasteiger partial charge in [-0.2, -0.15) is 0 Å². The lowest BCUT2D eigenvalue weighted by Crippen LogP contribution is -2.60. The van der Waals surface area contributed by atoms with Crippen molar-refractivity contribution in [1.82, 2.24) is 9.80 Å². The third-order valence-electron chi connectivity index (χ3n) is 9.04. The summed E-state index contributed by atoms with van der Waals surface area (Å²) >= 11 is 0. The Bertz CT molecular complexity index is 885. The van der Waals surface area contributed by atoms with E-state index in [0.29, 0.717) is 32.2 Å². The largest absolute Gasteiger partial charge is 0.465 e. The lowest BCUT2D eigenvalue weighted by atomic mass is 9.65. The third kappa shape index (κ3) is 4.10. The number of likely N-dealkylation sites (tertiary alicyclic amines) is 1. The number of hydrogen-bond acceptors (Lipinski definition) is 6. The molecule has 0 aromatic rings. The summed E-state index contributed by atoms with van der Waals surface area (Å²) in [6, 6.07) is -1.39. The van der Waals surface area contributed by atoms with Crippen LogP contribution in [0.3, 0.4) is 0 Å². The molecule has 4 fully saturated rings. The molecule has 1 aliphatic carbocycles. The summed E-state index contributed by atoms with van der Waals surface area (Å²) < 4.78 is 12.3. The van der Waals surface area contributed by atoms with Gasteiger partial charge < -0.3 is 24.4 Å². The van der Waals surface area contributed by atoms with Crippen molar-refractivity contribution in [2.45, 2.75) is 101 Å². The van der Waals surface area contributed by atoms with E-state index in [4.69, 9.17) is 9.47 Å². The topological polar surface area (TPSA) is 96.4 Å². The molecule has 4 aliphatic rings. The lowest BCUT2D eigenvalue weighted by molar-refractivity contribution is -0.163. The number of rotatable bonds is 11. The SMILES string of the molecule is C=CCCOC(=O)[C@@H]1[C@H]2C(=O)N([C@H](C)CO)C(C(=O)N(CC=C)C3CCCCC3)C23CC[C@@]1(CC)O3. The summed E-state index contributed by atoms with van der Waals surface area (Å²) in [5, 5.41) is 10.1. The highest BCUT2D eigenvalue weighted by molar-refractivity contribution is 5.98. The quantitative estimate of drug-likeness (QED) is 0.265. The molecule has 1 spiro atoms. The molecule has 3 saturated heterocycles. The van der Waals surface area contributed by atoms with Crippen LogP contribution < -0.4 is 0 Å². The molecule has 1 saturated carbocycles. The second-order valence-corrected chi connectivity index (χ2v) is 10.9. The number of carbonyl (C=O) groups is 3. The maximum atomic E-state index is 14.4. The first-order chi connectivity index (χ1) is 17.3. The monoisotopic (exact) mass is 502 g/mol. The molecule has 0 aromatic carbocycles. The first-order valence-electron chi connectivity index (χ1n) is 13.6. The van der Waals surface area contributed by atoms with Gasteiger partial charge in [-0.1, -0.05) is 38.3 Å². The predicted molar refractivity (Wildman–Crippen MR) is 135 cm³/mol. The molecular formula is C28H42N2O6. The zero-order valence-corrected chi connectivity index (χ0v) is 21.8. The molecule has 0 aromatic heterocycles. The number of carbonyl (C=O) groups excluding carboxylic acids is 3. The Hall–Kier alpha value is -2.19. The van der Waals surface area contributed by atoms with E-state index in [1.807, 2.05) is 11.8 Å². The van der Waals surface area contributed by atoms with E-state index in [2.05, 4.69) is 13.2 Å². The average molecular weight is 503 g/mol. The smallest absolute Gasteiger partial charge is 0.312 e. The second kappa shape index (κ2) is 10.7. The Morgan fingerprint density at radius 1 is 1.25 bits per heavy atom. The van der Waals surface area contributed by atoms with Crippen LogP contribution in [-0.2, 0) is 23.9 Å². The number of amides is 2. The molecule has 2 unspecified atom stereocenters. The molecule has 3 heterocycles. The molecule has 6 atom stereocenters. The van der Waals surface area contributed by atoms with Gasteiger partial charge in [0.2, 0.25) is 11.8 Å². The van der Waals surface area contributed by atoms with E-state index in [9.17, 15) is 19.5 Å². The number of nitrogens with zero attached hydrogens (tertiary/aromatic N) is 2. The standard InChI is InChI=1S/C28H42N2O6/c1-5-8-17-35-26(34)22-21-24(32)30(19(4)18-31)23(28(21)15-14-27(22,7-3)36-28)25(33)29(16-6-2)20-12-10-9-11-13-20/h5-6,19-23,31H,1-2,7-18H2,3-4H3/t19-,21+,22+,23?,27-,28?/m1/s1. The minimum absolute atomic E-state index is 0.0829. The van der Waals surface area contributed by atoms with Gasteiger partial charge in [0.1, 0.15) is 17.6 Å². The summed E-state index contributed by atoms with van der Waals surface area (Å²) in [7, 11) is 0. The van der Waals surface area contributed by atoms with E-state index in [-0.39, 0.29) is 31.1 Å². The normalized spacial score (nSPS) is 34.4. The van der Waals surface area contributed by atoms with Gasteiger partial charge in [0, 0.05) is 12.6 Å². The molecule has 8 heteroatoms. The maximum absolute atomic E-state index is 14.4. The number of hydrogen-bond donors (Lipinski definition) is 1. The van der Waals surface area contributed by atoms with E-state index in [1.54, 1.807) is 19.1 Å². The first-order valence-corrected chi connectivity index (χ1v) is 13.6. The van der Waals surface area contributed by atoms with Gasteiger partial charge in [-0.3, -0.25) is 14.4 Å². The van der Waals surface area contributed by atoms with Gasteiger partial charge in [-0.25, -0.2) is 0 Å². The van der Waals surface area contributed by atoms with E-state index in [1.165, 1.54) is 4.90 Å². The molecular weight excluding hydrogens is 460 g/mol. The van der Waals surface area contributed by atoms with Crippen molar-refractivity contribution in [3.05, 3.63) is 25.3 Å². The Morgan fingerprint density at radius 3 is 2.58 bits per heavy atom. The first kappa shape index (κ1) is 26.9. The van der Waals surface area contributed by atoms with Crippen molar-refractivity contribution < 1.29 is 29.0 Å². The molecule has 200 valence electrons. The summed E-state index contributed by atoms with van der Waals surface area (Å²) in [5.41, 5.74) is -1.93. The summed E-state index contributed by atoms with van der Waals surface area (Å²) in [6.45, 7) is 11.6. The summed E-state index contributed by atoms with van der Waals surface area (Å²) in [5.74, 6) is -2.48. The number of ether oxygens (including phenoxy) is 2. The molecule has 2 amide bonds. The van der Waals surface area contributed by atoms with Crippen molar-refractivity contribution in [2.75, 3.05) is 19.8 Å². The van der Waals surface area contributed by atoms with Gasteiger partial charge in [-0.15, -0.1) is 13.2 Å². The average Bonchev–Trinajstić information content (AvgIpc) is 3.50. The number of aliphatic hydroxyl groups is 1. The zero-order chi connectivity index (χ0) is 26.1. The molecule has 8 nitrogen and oxygen atoms in total. The number of aliphatic hydroxyl groups excluding tert-OH is 1. The van der Waals surface area contributed by atoms with Gasteiger partial charge in [0.15, 0.2) is 0 Å². The van der Waals surface area contributed by atoms with Crippen LogP contribution in [0.4, 0.5) is 0 Å². The van der Waals surface area contributed by atoms with Crippen molar-refractivity contribution in [3.8, 4) is 0 Å². The van der Waals surface area contributed by atoms with Crippen molar-refractivity contribution in [2.24, 2.45) is 11.8 Å². The van der Waals surface area contributed by atoms with Crippen LogP contribution in [-0.4, -0.2) is 81.8 Å². The van der Waals surface area contributed by atoms with Crippen LogP contribution in [0.5, 0.6) is 0 Å². The second-order valence-electron chi connectivity index (χ2n) is 10.9. The molecule has 4 rings (SSSR count). The van der Waals surface area contributed by atoms with Gasteiger partial charge in [0.25, 0.3) is 0 Å². The fraction of sp³-hybridized carbons (Fsp3) is 0.750. The predicted octanol–water partition coefficient (Wildman–Crippen LogP) is 2.99. The molecule has 36 heavy (non-hydrogen) atoms. The zero-order valence-electron chi connectivity index (χ0n) is 21.8. The van der Waals surface area contributed by atoms with Crippen LogP contribution in [0.15, 0.2) is 25.3 Å². The van der Waals surface area contributed by atoms with Crippen LogP contribution >= 0.6 is 0 Å². The Morgan fingerprint density at radius 2 is 1.97 bits per heavy atom. The Labute approximate surface area is 214 Å². The Balaban J connectivity index is 1.75. The van der Waals surface area contributed by atoms with Crippen molar-refractivity contribution >= 4 is 17.8 Å². The fourth-order valence-electron chi connectivity index (χ4n) is 7.30. The van der Waals surface area contributed by atoms with Crippen LogP contribution in [0.2, 0.25) is 0 Å². The van der Waals surface area contributed by atoms with Crippen LogP contribution in [0, 0.1) is 11.8 Å².